The molecule has 0 N–H and O–H groups in total. The van der Waals surface area contributed by atoms with Crippen molar-refractivity contribution in [3.05, 3.63) is 30.1 Å². The summed E-state index contributed by atoms with van der Waals surface area (Å²) < 4.78 is 29.4. The van der Waals surface area contributed by atoms with Gasteiger partial charge in [-0.2, -0.15) is 0 Å². The molecule has 1 aromatic rings. The Hall–Kier alpha value is -3.01. The van der Waals surface area contributed by atoms with Crippen LogP contribution in [0.3, 0.4) is 0 Å². The topological polar surface area (TPSA) is 118 Å². The summed E-state index contributed by atoms with van der Waals surface area (Å²) in [6.45, 7) is 9.91. The molecule has 2 aliphatic rings. The monoisotopic (exact) mass is 519 g/mol. The van der Waals surface area contributed by atoms with E-state index in [-0.39, 0.29) is 18.3 Å². The van der Waals surface area contributed by atoms with E-state index in [0.29, 0.717) is 17.8 Å². The van der Waals surface area contributed by atoms with Crippen molar-refractivity contribution in [3.8, 4) is 0 Å². The molecule has 37 heavy (non-hydrogen) atoms. The molecular formula is C27H37NO9. The van der Waals surface area contributed by atoms with Crippen molar-refractivity contribution in [1.82, 2.24) is 0 Å². The van der Waals surface area contributed by atoms with Gasteiger partial charge in [-0.05, 0) is 30.6 Å². The zero-order valence-corrected chi connectivity index (χ0v) is 22.3. The number of ether oxygens (including phenoxy) is 5. The van der Waals surface area contributed by atoms with Gasteiger partial charge in [0.25, 0.3) is 6.23 Å². The van der Waals surface area contributed by atoms with Crippen LogP contribution in [-0.2, 0) is 38.1 Å². The van der Waals surface area contributed by atoms with Crippen molar-refractivity contribution in [2.24, 2.45) is 17.8 Å². The molecule has 0 radical (unpaired) electrons. The number of nitrogens with zero attached hydrogens (tertiary/aromatic N) is 1. The first kappa shape index (κ1) is 28.6. The fraction of sp³-hybridized carbons (Fsp3) is 0.667. The maximum absolute atomic E-state index is 13.2. The Bertz CT molecular complexity index is 994. The number of aromatic nitrogens is 1. The molecule has 1 saturated heterocycles. The van der Waals surface area contributed by atoms with Gasteiger partial charge in [0, 0.05) is 26.3 Å². The molecule has 0 aromatic carbocycles. The van der Waals surface area contributed by atoms with Crippen LogP contribution >= 0.6 is 0 Å². The van der Waals surface area contributed by atoms with Gasteiger partial charge in [0.15, 0.2) is 6.10 Å². The van der Waals surface area contributed by atoms with Gasteiger partial charge >= 0.3 is 23.9 Å². The number of pyridine rings is 1. The fourth-order valence-electron chi connectivity index (χ4n) is 5.08. The minimum absolute atomic E-state index is 0.174. The lowest BCUT2D eigenvalue weighted by atomic mass is 9.75. The summed E-state index contributed by atoms with van der Waals surface area (Å²) in [5.74, 6) is -1.09. The van der Waals surface area contributed by atoms with E-state index in [0.717, 1.165) is 19.3 Å². The van der Waals surface area contributed by atoms with E-state index >= 15 is 0 Å². The average molecular weight is 520 g/mol. The third-order valence-electron chi connectivity index (χ3n) is 6.83. The number of carbonyl (C=O) groups excluding carboxylic acids is 4. The largest absolute Gasteiger partial charge is 0.463 e. The first-order valence-corrected chi connectivity index (χ1v) is 12.7. The highest BCUT2D eigenvalue weighted by atomic mass is 16.7. The lowest BCUT2D eigenvalue weighted by Crippen LogP contribution is -2.49. The molecule has 1 aliphatic heterocycles. The summed E-state index contributed by atoms with van der Waals surface area (Å²) >= 11 is 0. The predicted molar refractivity (Wildman–Crippen MR) is 128 cm³/mol. The molecule has 2 fully saturated rings. The van der Waals surface area contributed by atoms with E-state index in [1.54, 1.807) is 6.07 Å². The van der Waals surface area contributed by atoms with Crippen molar-refractivity contribution < 1.29 is 47.4 Å². The smallest absolute Gasteiger partial charge is 0.319 e. The summed E-state index contributed by atoms with van der Waals surface area (Å²) in [6, 6.07) is 3.12. The maximum atomic E-state index is 13.2. The molecule has 1 aromatic heterocycles. The highest BCUT2D eigenvalue weighted by Gasteiger charge is 2.53. The van der Waals surface area contributed by atoms with Crippen molar-refractivity contribution >= 4 is 23.9 Å². The van der Waals surface area contributed by atoms with Gasteiger partial charge in [-0.1, -0.05) is 27.2 Å². The Morgan fingerprint density at radius 3 is 2.32 bits per heavy atom. The van der Waals surface area contributed by atoms with E-state index in [1.807, 2.05) is 0 Å². The van der Waals surface area contributed by atoms with Crippen molar-refractivity contribution in [1.29, 1.82) is 0 Å². The van der Waals surface area contributed by atoms with Crippen LogP contribution in [-0.4, -0.2) is 54.9 Å². The molecule has 1 aliphatic carbocycles. The summed E-state index contributed by atoms with van der Waals surface area (Å²) in [5.41, 5.74) is 0.275. The molecule has 10 heteroatoms. The molecule has 3 unspecified atom stereocenters. The Labute approximate surface area is 217 Å². The van der Waals surface area contributed by atoms with Crippen molar-refractivity contribution in [2.75, 3.05) is 6.61 Å². The van der Waals surface area contributed by atoms with Gasteiger partial charge in [-0.15, -0.1) is 12.1 Å². The van der Waals surface area contributed by atoms with Crippen LogP contribution in [0, 0.1) is 24.0 Å². The van der Waals surface area contributed by atoms with Gasteiger partial charge in [-0.25, -0.2) is 4.79 Å². The van der Waals surface area contributed by atoms with Gasteiger partial charge in [0.1, 0.15) is 25.0 Å². The first-order chi connectivity index (χ1) is 17.5. The Balaban J connectivity index is 1.85. The minimum atomic E-state index is -1.07. The highest BCUT2D eigenvalue weighted by molar-refractivity contribution is 5.88. The van der Waals surface area contributed by atoms with Crippen LogP contribution in [0.1, 0.15) is 77.4 Å². The van der Waals surface area contributed by atoms with Gasteiger partial charge in [0.05, 0.1) is 6.20 Å². The zero-order chi connectivity index (χ0) is 27.3. The second-order valence-electron chi connectivity index (χ2n) is 10.2. The molecular weight excluding hydrogens is 482 g/mol. The zero-order valence-electron chi connectivity index (χ0n) is 22.3. The van der Waals surface area contributed by atoms with Crippen LogP contribution in [0.25, 0.3) is 0 Å². The maximum Gasteiger partial charge on any atom is 0.319 e. The Morgan fingerprint density at radius 1 is 1.03 bits per heavy atom. The van der Waals surface area contributed by atoms with Gasteiger partial charge in [0.2, 0.25) is 6.10 Å². The molecule has 204 valence electrons. The molecule has 0 amide bonds. The van der Waals surface area contributed by atoms with Gasteiger partial charge < -0.3 is 23.7 Å². The fourth-order valence-corrected chi connectivity index (χ4v) is 5.08. The van der Waals surface area contributed by atoms with Crippen LogP contribution in [0.5, 0.6) is 0 Å². The van der Waals surface area contributed by atoms with Gasteiger partial charge in [-0.3, -0.25) is 19.0 Å². The van der Waals surface area contributed by atoms with E-state index in [1.165, 1.54) is 37.6 Å². The molecule has 2 heterocycles. The number of hydrogen-bond donors (Lipinski definition) is 0. The number of hydrogen-bond acceptors (Lipinski definition) is 9. The lowest BCUT2D eigenvalue weighted by molar-refractivity contribution is -0.768. The SMILES string of the molecule is CC(=O)OC[C@H]1O[C@@H]([n+]2[c-]ccc(C(=O)OC3CC(C)CCC3C(C)C)c2)[C@H](OC(C)=O)[C@@H]1OC(C)=O. The molecule has 3 rings (SSSR count). The molecule has 10 nitrogen and oxygen atoms in total. The van der Waals surface area contributed by atoms with Crippen molar-refractivity contribution in [2.45, 2.75) is 91.4 Å². The summed E-state index contributed by atoms with van der Waals surface area (Å²) in [7, 11) is 0. The molecule has 7 atom stereocenters. The molecule has 0 bridgehead atoms. The van der Waals surface area contributed by atoms with Crippen LogP contribution in [0.4, 0.5) is 0 Å². The predicted octanol–water partition coefficient (Wildman–Crippen LogP) is 2.72. The Kier molecular flexibility index (Phi) is 9.64. The van der Waals surface area contributed by atoms with Crippen LogP contribution in [0.15, 0.2) is 18.3 Å². The second kappa shape index (κ2) is 12.5. The normalized spacial score (nSPS) is 29.4. The quantitative estimate of drug-likeness (QED) is 0.221. The lowest BCUT2D eigenvalue weighted by Gasteiger charge is -2.36. The Morgan fingerprint density at radius 2 is 1.70 bits per heavy atom. The van der Waals surface area contributed by atoms with E-state index < -0.39 is 48.4 Å². The molecule has 1 saturated carbocycles. The first-order valence-electron chi connectivity index (χ1n) is 12.7. The van der Waals surface area contributed by atoms with Crippen LogP contribution < -0.4 is 4.57 Å². The molecule has 0 spiro atoms. The van der Waals surface area contributed by atoms with E-state index in [9.17, 15) is 19.2 Å². The summed E-state index contributed by atoms with van der Waals surface area (Å²) in [4.78, 5) is 48.2. The van der Waals surface area contributed by atoms with Crippen LogP contribution in [0.2, 0.25) is 0 Å². The standard InChI is InChI=1S/C27H37NO9/c1-15(2)21-10-9-16(3)12-22(21)37-27(32)20-8-7-11-28(13-20)26-25(35-19(6)31)24(34-18(5)30)23(36-26)14-33-17(4)29/h7-8,13,15-16,21-26H,9-10,12,14H2,1-6H3/t16?,21?,22?,23-,24-,25-,26-/m1/s1. The third kappa shape index (κ3) is 7.50. The summed E-state index contributed by atoms with van der Waals surface area (Å²) in [6.07, 6.45) is 3.20. The number of carbonyl (C=O) groups is 4. The highest BCUT2D eigenvalue weighted by Crippen LogP contribution is 2.36. The van der Waals surface area contributed by atoms with Crippen molar-refractivity contribution in [3.63, 3.8) is 0 Å². The second-order valence-corrected chi connectivity index (χ2v) is 10.2. The van der Waals surface area contributed by atoms with E-state index in [2.05, 4.69) is 27.0 Å². The summed E-state index contributed by atoms with van der Waals surface area (Å²) in [5, 5.41) is 0. The number of esters is 4. The average Bonchev–Trinajstić information content (AvgIpc) is 3.13. The number of rotatable bonds is 8. The van der Waals surface area contributed by atoms with E-state index in [4.69, 9.17) is 23.7 Å². The third-order valence-corrected chi connectivity index (χ3v) is 6.83. The minimum Gasteiger partial charge on any atom is -0.463 e.